The van der Waals surface area contributed by atoms with Crippen LogP contribution in [0.15, 0.2) is 35.3 Å². The fourth-order valence-electron chi connectivity index (χ4n) is 3.12. The molecule has 0 saturated carbocycles. The van der Waals surface area contributed by atoms with E-state index in [1.807, 2.05) is 36.9 Å². The van der Waals surface area contributed by atoms with Gasteiger partial charge in [-0.05, 0) is 26.0 Å². The SMILES string of the molecule is CCNC(=NCCC(=O)N1CCN(c2ccccc2)CC1)NC(C)COC. The lowest BCUT2D eigenvalue weighted by atomic mass is 10.2. The number of rotatable bonds is 8. The van der Waals surface area contributed by atoms with Crippen molar-refractivity contribution in [2.45, 2.75) is 26.3 Å². The first-order valence-electron chi connectivity index (χ1n) is 9.75. The van der Waals surface area contributed by atoms with Crippen LogP contribution < -0.4 is 15.5 Å². The van der Waals surface area contributed by atoms with Gasteiger partial charge in [0.05, 0.1) is 13.2 Å². The Morgan fingerprint density at radius 3 is 2.56 bits per heavy atom. The molecule has 1 amide bonds. The van der Waals surface area contributed by atoms with Crippen molar-refractivity contribution in [2.24, 2.45) is 4.99 Å². The quantitative estimate of drug-likeness (QED) is 0.530. The van der Waals surface area contributed by atoms with Crippen LogP contribution in [0.5, 0.6) is 0 Å². The van der Waals surface area contributed by atoms with Crippen LogP contribution in [0.1, 0.15) is 20.3 Å². The molecule has 150 valence electrons. The summed E-state index contributed by atoms with van der Waals surface area (Å²) in [5.74, 6) is 0.899. The minimum atomic E-state index is 0.162. The van der Waals surface area contributed by atoms with Crippen molar-refractivity contribution >= 4 is 17.6 Å². The van der Waals surface area contributed by atoms with Crippen LogP contribution in [-0.2, 0) is 9.53 Å². The van der Waals surface area contributed by atoms with Crippen LogP contribution in [0.2, 0.25) is 0 Å². The molecular weight excluding hydrogens is 342 g/mol. The summed E-state index contributed by atoms with van der Waals surface area (Å²) in [6.07, 6.45) is 0.431. The molecule has 1 fully saturated rings. The number of hydrogen-bond acceptors (Lipinski definition) is 4. The van der Waals surface area contributed by atoms with E-state index in [0.717, 1.165) is 38.7 Å². The second kappa shape index (κ2) is 11.4. The number of benzene rings is 1. The normalized spacial score (nSPS) is 16.2. The average Bonchev–Trinajstić information content (AvgIpc) is 2.69. The third-order valence-corrected chi connectivity index (χ3v) is 4.49. The molecule has 1 saturated heterocycles. The molecule has 1 aromatic rings. The van der Waals surface area contributed by atoms with E-state index in [4.69, 9.17) is 4.74 Å². The smallest absolute Gasteiger partial charge is 0.224 e. The van der Waals surface area contributed by atoms with Crippen LogP contribution in [0.25, 0.3) is 0 Å². The first-order valence-corrected chi connectivity index (χ1v) is 9.75. The van der Waals surface area contributed by atoms with E-state index in [-0.39, 0.29) is 11.9 Å². The zero-order valence-corrected chi connectivity index (χ0v) is 16.8. The summed E-state index contributed by atoms with van der Waals surface area (Å²) >= 11 is 0. The van der Waals surface area contributed by atoms with Gasteiger partial charge in [0.2, 0.25) is 5.91 Å². The molecule has 7 nitrogen and oxygen atoms in total. The monoisotopic (exact) mass is 375 g/mol. The molecule has 7 heteroatoms. The number of piperazine rings is 1. The van der Waals surface area contributed by atoms with E-state index in [1.54, 1.807) is 7.11 Å². The summed E-state index contributed by atoms with van der Waals surface area (Å²) in [4.78, 5) is 21.3. The first kappa shape index (κ1) is 21.0. The average molecular weight is 376 g/mol. The molecule has 1 aromatic carbocycles. The first-order chi connectivity index (χ1) is 13.1. The molecule has 1 heterocycles. The predicted octanol–water partition coefficient (Wildman–Crippen LogP) is 1.32. The molecular formula is C20H33N5O2. The standard InChI is InChI=1S/C20H33N5O2/c1-4-21-20(23-17(2)16-27-3)22-11-10-19(26)25-14-12-24(13-15-25)18-8-6-5-7-9-18/h5-9,17H,4,10-16H2,1-3H3,(H2,21,22,23). The van der Waals surface area contributed by atoms with Gasteiger partial charge in [-0.3, -0.25) is 9.79 Å². The van der Waals surface area contributed by atoms with Gasteiger partial charge in [-0.15, -0.1) is 0 Å². The Morgan fingerprint density at radius 1 is 1.22 bits per heavy atom. The lowest BCUT2D eigenvalue weighted by molar-refractivity contribution is -0.131. The van der Waals surface area contributed by atoms with Crippen LogP contribution in [0.4, 0.5) is 5.69 Å². The molecule has 0 bridgehead atoms. The maximum Gasteiger partial charge on any atom is 0.224 e. The number of nitrogens with one attached hydrogen (secondary N) is 2. The summed E-state index contributed by atoms with van der Waals surface area (Å²) in [5.41, 5.74) is 1.22. The maximum absolute atomic E-state index is 12.5. The van der Waals surface area contributed by atoms with Crippen molar-refractivity contribution in [2.75, 3.05) is 57.9 Å². The zero-order chi connectivity index (χ0) is 19.5. The van der Waals surface area contributed by atoms with E-state index < -0.39 is 0 Å². The number of anilines is 1. The van der Waals surface area contributed by atoms with Crippen molar-refractivity contribution in [3.05, 3.63) is 30.3 Å². The molecule has 0 aliphatic carbocycles. The predicted molar refractivity (Wildman–Crippen MR) is 110 cm³/mol. The molecule has 1 unspecified atom stereocenters. The van der Waals surface area contributed by atoms with Gasteiger partial charge in [-0.2, -0.15) is 0 Å². The molecule has 1 aliphatic rings. The van der Waals surface area contributed by atoms with Gasteiger partial charge in [-0.1, -0.05) is 18.2 Å². The number of carbonyl (C=O) groups is 1. The van der Waals surface area contributed by atoms with E-state index >= 15 is 0 Å². The van der Waals surface area contributed by atoms with Crippen molar-refractivity contribution in [3.63, 3.8) is 0 Å². The number of ether oxygens (including phenoxy) is 1. The summed E-state index contributed by atoms with van der Waals surface area (Å²) in [5, 5.41) is 6.48. The topological polar surface area (TPSA) is 69.2 Å². The number of amides is 1. The molecule has 1 atom stereocenters. The zero-order valence-electron chi connectivity index (χ0n) is 16.8. The van der Waals surface area contributed by atoms with Crippen LogP contribution in [0.3, 0.4) is 0 Å². The summed E-state index contributed by atoms with van der Waals surface area (Å²) in [6.45, 7) is 9.20. The molecule has 2 N–H and O–H groups in total. The van der Waals surface area contributed by atoms with Crippen molar-refractivity contribution < 1.29 is 9.53 Å². The minimum Gasteiger partial charge on any atom is -0.383 e. The Kier molecular flexibility index (Phi) is 8.91. The van der Waals surface area contributed by atoms with Gasteiger partial charge >= 0.3 is 0 Å². The Morgan fingerprint density at radius 2 is 1.93 bits per heavy atom. The molecule has 0 aromatic heterocycles. The Labute approximate surface area is 162 Å². The third kappa shape index (κ3) is 7.09. The van der Waals surface area contributed by atoms with E-state index in [9.17, 15) is 4.79 Å². The van der Waals surface area contributed by atoms with Crippen LogP contribution >= 0.6 is 0 Å². The molecule has 27 heavy (non-hydrogen) atoms. The fourth-order valence-corrected chi connectivity index (χ4v) is 3.12. The van der Waals surface area contributed by atoms with E-state index in [2.05, 4.69) is 32.7 Å². The number of carbonyl (C=O) groups excluding carboxylic acids is 1. The lowest BCUT2D eigenvalue weighted by Gasteiger charge is -2.36. The number of methoxy groups -OCH3 is 1. The van der Waals surface area contributed by atoms with Crippen LogP contribution in [-0.4, -0.2) is 75.8 Å². The second-order valence-corrected chi connectivity index (χ2v) is 6.71. The van der Waals surface area contributed by atoms with Gasteiger partial charge in [0.25, 0.3) is 0 Å². The number of hydrogen-bond donors (Lipinski definition) is 2. The summed E-state index contributed by atoms with van der Waals surface area (Å²) in [7, 11) is 1.68. The minimum absolute atomic E-state index is 0.162. The Bertz CT molecular complexity index is 585. The number of nitrogens with zero attached hydrogens (tertiary/aromatic N) is 3. The van der Waals surface area contributed by atoms with Gasteiger partial charge in [0.15, 0.2) is 5.96 Å². The fraction of sp³-hybridized carbons (Fsp3) is 0.600. The molecule has 2 rings (SSSR count). The summed E-state index contributed by atoms with van der Waals surface area (Å²) in [6, 6.07) is 10.5. The Hall–Kier alpha value is -2.28. The van der Waals surface area contributed by atoms with Crippen molar-refractivity contribution in [1.29, 1.82) is 0 Å². The number of aliphatic imine (C=N–C) groups is 1. The largest absolute Gasteiger partial charge is 0.383 e. The van der Waals surface area contributed by atoms with Crippen LogP contribution in [0, 0.1) is 0 Å². The van der Waals surface area contributed by atoms with Gasteiger partial charge in [-0.25, -0.2) is 0 Å². The molecule has 0 spiro atoms. The molecule has 1 aliphatic heterocycles. The second-order valence-electron chi connectivity index (χ2n) is 6.71. The maximum atomic E-state index is 12.5. The lowest BCUT2D eigenvalue weighted by Crippen LogP contribution is -2.49. The highest BCUT2D eigenvalue weighted by Gasteiger charge is 2.20. The van der Waals surface area contributed by atoms with Gasteiger partial charge in [0, 0.05) is 58.0 Å². The van der Waals surface area contributed by atoms with E-state index in [1.165, 1.54) is 5.69 Å². The van der Waals surface area contributed by atoms with Crippen molar-refractivity contribution in [1.82, 2.24) is 15.5 Å². The Balaban J connectivity index is 1.76. The van der Waals surface area contributed by atoms with Gasteiger partial charge < -0.3 is 25.2 Å². The number of guanidine groups is 1. The highest BCUT2D eigenvalue weighted by molar-refractivity contribution is 5.81. The van der Waals surface area contributed by atoms with E-state index in [0.29, 0.717) is 19.6 Å². The number of para-hydroxylation sites is 1. The molecule has 0 radical (unpaired) electrons. The van der Waals surface area contributed by atoms with Gasteiger partial charge in [0.1, 0.15) is 0 Å². The third-order valence-electron chi connectivity index (χ3n) is 4.49. The summed E-state index contributed by atoms with van der Waals surface area (Å²) < 4.78 is 5.14. The highest BCUT2D eigenvalue weighted by atomic mass is 16.5. The highest BCUT2D eigenvalue weighted by Crippen LogP contribution is 2.15. The van der Waals surface area contributed by atoms with Crippen molar-refractivity contribution in [3.8, 4) is 0 Å².